The molecule has 2 unspecified atom stereocenters. The topological polar surface area (TPSA) is 0 Å². The minimum atomic E-state index is 0.439. The second-order valence-corrected chi connectivity index (χ2v) is 5.87. The largest absolute Gasteiger partial charge is 0.0990 e. The van der Waals surface area contributed by atoms with E-state index >= 15 is 0 Å². The van der Waals surface area contributed by atoms with Crippen LogP contribution in [-0.2, 0) is 0 Å². The summed E-state index contributed by atoms with van der Waals surface area (Å²) in [6.45, 7) is 11.7. The smallest absolute Gasteiger partial charge is 0.00652 e. The van der Waals surface area contributed by atoms with Gasteiger partial charge >= 0.3 is 0 Å². The Hall–Kier alpha value is -0.260. The molecule has 0 nitrogen and oxygen atoms in total. The molecule has 0 heterocycles. The first-order valence-corrected chi connectivity index (χ1v) is 5.67. The van der Waals surface area contributed by atoms with E-state index in [1.165, 1.54) is 32.1 Å². The van der Waals surface area contributed by atoms with E-state index in [1.807, 2.05) is 0 Å². The molecular weight excluding hydrogens is 156 g/mol. The molecule has 0 aromatic heterocycles. The van der Waals surface area contributed by atoms with Crippen molar-refractivity contribution < 1.29 is 0 Å². The van der Waals surface area contributed by atoms with Gasteiger partial charge in [0, 0.05) is 0 Å². The van der Waals surface area contributed by atoms with E-state index in [-0.39, 0.29) is 0 Å². The molecule has 2 atom stereocenters. The van der Waals surface area contributed by atoms with Crippen LogP contribution < -0.4 is 0 Å². The molecule has 0 N–H and O–H groups in total. The third-order valence-corrected chi connectivity index (χ3v) is 5.04. The number of rotatable bonds is 0. The van der Waals surface area contributed by atoms with Crippen molar-refractivity contribution in [3.05, 3.63) is 12.2 Å². The minimum Gasteiger partial charge on any atom is -0.0990 e. The Morgan fingerprint density at radius 3 is 2.46 bits per heavy atom. The SMILES string of the molecule is C=C1C2CCCC1(C)C(C)(C)CC2. The van der Waals surface area contributed by atoms with Crippen LogP contribution in [0.15, 0.2) is 12.2 Å². The summed E-state index contributed by atoms with van der Waals surface area (Å²) in [5.74, 6) is 0.853. The Kier molecular flexibility index (Phi) is 1.87. The van der Waals surface area contributed by atoms with Gasteiger partial charge in [-0.2, -0.15) is 0 Å². The molecule has 2 bridgehead atoms. The molecule has 13 heavy (non-hydrogen) atoms. The third kappa shape index (κ3) is 1.11. The van der Waals surface area contributed by atoms with E-state index in [0.29, 0.717) is 10.8 Å². The molecule has 2 fully saturated rings. The quantitative estimate of drug-likeness (QED) is 0.488. The maximum absolute atomic E-state index is 4.37. The molecule has 2 aliphatic rings. The van der Waals surface area contributed by atoms with Crippen molar-refractivity contribution in [1.82, 2.24) is 0 Å². The average Bonchev–Trinajstić information content (AvgIpc) is 2.05. The zero-order valence-corrected chi connectivity index (χ0v) is 9.32. The van der Waals surface area contributed by atoms with Crippen LogP contribution in [0.1, 0.15) is 52.9 Å². The molecule has 0 heteroatoms. The first kappa shape index (κ1) is 9.30. The summed E-state index contributed by atoms with van der Waals surface area (Å²) in [6, 6.07) is 0. The molecule has 2 rings (SSSR count). The highest BCUT2D eigenvalue weighted by Crippen LogP contribution is 2.60. The van der Waals surface area contributed by atoms with Gasteiger partial charge in [-0.1, -0.05) is 39.3 Å². The van der Waals surface area contributed by atoms with Gasteiger partial charge in [0.05, 0.1) is 0 Å². The second kappa shape index (κ2) is 2.62. The lowest BCUT2D eigenvalue weighted by Gasteiger charge is -2.55. The lowest BCUT2D eigenvalue weighted by Crippen LogP contribution is -2.45. The van der Waals surface area contributed by atoms with Crippen LogP contribution in [0.5, 0.6) is 0 Å². The Morgan fingerprint density at radius 2 is 1.85 bits per heavy atom. The van der Waals surface area contributed by atoms with Crippen LogP contribution >= 0.6 is 0 Å². The number of hydrogen-bond acceptors (Lipinski definition) is 0. The van der Waals surface area contributed by atoms with Gasteiger partial charge in [-0.15, -0.1) is 0 Å². The van der Waals surface area contributed by atoms with Crippen molar-refractivity contribution in [3.63, 3.8) is 0 Å². The molecule has 0 aromatic carbocycles. The summed E-state index contributed by atoms with van der Waals surface area (Å²) in [7, 11) is 0. The highest BCUT2D eigenvalue weighted by atomic mass is 14.5. The summed E-state index contributed by atoms with van der Waals surface area (Å²) in [5.41, 5.74) is 2.49. The molecule has 0 radical (unpaired) electrons. The van der Waals surface area contributed by atoms with E-state index in [1.54, 1.807) is 5.57 Å². The first-order valence-electron chi connectivity index (χ1n) is 5.67. The molecule has 74 valence electrons. The molecule has 0 amide bonds. The lowest BCUT2D eigenvalue weighted by molar-refractivity contribution is 0.0297. The van der Waals surface area contributed by atoms with Crippen molar-refractivity contribution in [1.29, 1.82) is 0 Å². The zero-order valence-electron chi connectivity index (χ0n) is 9.32. The molecule has 2 saturated carbocycles. The van der Waals surface area contributed by atoms with Crippen LogP contribution in [0.4, 0.5) is 0 Å². The van der Waals surface area contributed by atoms with E-state index in [9.17, 15) is 0 Å². The monoisotopic (exact) mass is 178 g/mol. The summed E-state index contributed by atoms with van der Waals surface area (Å²) in [5, 5.41) is 0. The van der Waals surface area contributed by atoms with Crippen LogP contribution in [0.2, 0.25) is 0 Å². The minimum absolute atomic E-state index is 0.439. The lowest BCUT2D eigenvalue weighted by atomic mass is 9.49. The Labute approximate surface area is 82.4 Å². The summed E-state index contributed by atoms with van der Waals surface area (Å²) < 4.78 is 0. The molecule has 0 saturated heterocycles. The van der Waals surface area contributed by atoms with Crippen LogP contribution in [0.3, 0.4) is 0 Å². The van der Waals surface area contributed by atoms with Gasteiger partial charge in [0.15, 0.2) is 0 Å². The van der Waals surface area contributed by atoms with E-state index in [0.717, 1.165) is 5.92 Å². The molecule has 2 aliphatic carbocycles. The van der Waals surface area contributed by atoms with Gasteiger partial charge in [-0.05, 0) is 42.4 Å². The van der Waals surface area contributed by atoms with E-state index in [4.69, 9.17) is 0 Å². The molecular formula is C13H22. The van der Waals surface area contributed by atoms with Gasteiger partial charge < -0.3 is 0 Å². The van der Waals surface area contributed by atoms with Crippen LogP contribution in [0, 0.1) is 16.7 Å². The van der Waals surface area contributed by atoms with Gasteiger partial charge in [0.25, 0.3) is 0 Å². The standard InChI is InChI=1S/C13H22/c1-10-11-6-5-8-13(10,4)12(2,3)9-7-11/h11H,1,5-9H2,2-4H3. The fourth-order valence-corrected chi connectivity index (χ4v) is 3.39. The Morgan fingerprint density at radius 1 is 1.15 bits per heavy atom. The Balaban J connectivity index is 2.37. The highest BCUT2D eigenvalue weighted by Gasteiger charge is 2.49. The molecule has 0 spiro atoms. The summed E-state index contributed by atoms with van der Waals surface area (Å²) >= 11 is 0. The van der Waals surface area contributed by atoms with Crippen molar-refractivity contribution in [2.24, 2.45) is 16.7 Å². The second-order valence-electron chi connectivity index (χ2n) is 5.87. The maximum atomic E-state index is 4.37. The predicted octanol–water partition coefficient (Wildman–Crippen LogP) is 4.17. The number of fused-ring (bicyclic) bond motifs is 2. The van der Waals surface area contributed by atoms with Gasteiger partial charge in [0.1, 0.15) is 0 Å². The fraction of sp³-hybridized carbons (Fsp3) is 0.846. The normalized spacial score (nSPS) is 43.3. The van der Waals surface area contributed by atoms with Gasteiger partial charge in [-0.3, -0.25) is 0 Å². The van der Waals surface area contributed by atoms with Gasteiger partial charge in [-0.25, -0.2) is 0 Å². The molecule has 0 aliphatic heterocycles. The zero-order chi connectivity index (χ0) is 9.69. The van der Waals surface area contributed by atoms with Crippen molar-refractivity contribution >= 4 is 0 Å². The average molecular weight is 178 g/mol. The van der Waals surface area contributed by atoms with Crippen molar-refractivity contribution in [3.8, 4) is 0 Å². The summed E-state index contributed by atoms with van der Waals surface area (Å²) in [4.78, 5) is 0. The fourth-order valence-electron chi connectivity index (χ4n) is 3.39. The maximum Gasteiger partial charge on any atom is -0.00652 e. The highest BCUT2D eigenvalue weighted by molar-refractivity contribution is 5.22. The van der Waals surface area contributed by atoms with E-state index in [2.05, 4.69) is 27.4 Å². The third-order valence-electron chi connectivity index (χ3n) is 5.04. The van der Waals surface area contributed by atoms with Gasteiger partial charge in [0.2, 0.25) is 0 Å². The van der Waals surface area contributed by atoms with Crippen molar-refractivity contribution in [2.75, 3.05) is 0 Å². The Bertz CT molecular complexity index is 236. The predicted molar refractivity (Wildman–Crippen MR) is 57.6 cm³/mol. The summed E-state index contributed by atoms with van der Waals surface area (Å²) in [6.07, 6.45) is 6.98. The van der Waals surface area contributed by atoms with Crippen LogP contribution in [0.25, 0.3) is 0 Å². The molecule has 0 aromatic rings. The van der Waals surface area contributed by atoms with Crippen molar-refractivity contribution in [2.45, 2.75) is 52.9 Å². The number of hydrogen-bond donors (Lipinski definition) is 0. The van der Waals surface area contributed by atoms with E-state index < -0.39 is 0 Å². The number of allylic oxidation sites excluding steroid dienone is 1. The first-order chi connectivity index (χ1) is 5.97. The van der Waals surface area contributed by atoms with Crippen LogP contribution in [-0.4, -0.2) is 0 Å².